The summed E-state index contributed by atoms with van der Waals surface area (Å²) >= 11 is 3.27. The van der Waals surface area contributed by atoms with Gasteiger partial charge >= 0.3 is 0 Å². The molecule has 0 bridgehead atoms. The van der Waals surface area contributed by atoms with Gasteiger partial charge in [0.25, 0.3) is 5.69 Å². The van der Waals surface area contributed by atoms with Crippen LogP contribution in [0.15, 0.2) is 40.9 Å². The van der Waals surface area contributed by atoms with E-state index in [9.17, 15) is 14.9 Å². The number of carbonyl (C=O) groups excluding carboxylic acids is 1. The Morgan fingerprint density at radius 3 is 2.42 bits per heavy atom. The molecule has 0 saturated heterocycles. The summed E-state index contributed by atoms with van der Waals surface area (Å²) in [6, 6.07) is 8.94. The highest BCUT2D eigenvalue weighted by Gasteiger charge is 2.20. The van der Waals surface area contributed by atoms with E-state index in [0.29, 0.717) is 21.7 Å². The lowest BCUT2D eigenvalue weighted by Crippen LogP contribution is -2.13. The molecule has 0 unspecified atom stereocenters. The van der Waals surface area contributed by atoms with Crippen LogP contribution in [0.4, 0.5) is 5.69 Å². The molecule has 1 fully saturated rings. The van der Waals surface area contributed by atoms with Crippen molar-refractivity contribution in [2.75, 3.05) is 0 Å². The number of hydrogen-bond acceptors (Lipinski definition) is 5. The molecule has 8 heteroatoms. The number of halogens is 1. The Bertz CT molecular complexity index is 849. The minimum absolute atomic E-state index is 0.0578. The SMILES string of the molecule is NC(=O)c1ccc(OC2CCCC2)c(Oc2ccc([N+](=O)[O-])cc2Br)c1. The van der Waals surface area contributed by atoms with Gasteiger partial charge in [0.2, 0.25) is 5.91 Å². The fraction of sp³-hybridized carbons (Fsp3) is 0.278. The van der Waals surface area contributed by atoms with Crippen LogP contribution in [-0.2, 0) is 0 Å². The van der Waals surface area contributed by atoms with Gasteiger partial charge in [0.15, 0.2) is 11.5 Å². The van der Waals surface area contributed by atoms with Crippen molar-refractivity contribution in [3.8, 4) is 17.2 Å². The number of primary amides is 1. The molecule has 0 radical (unpaired) electrons. The van der Waals surface area contributed by atoms with E-state index in [2.05, 4.69) is 15.9 Å². The van der Waals surface area contributed by atoms with Crippen molar-refractivity contribution in [1.82, 2.24) is 0 Å². The molecule has 136 valence electrons. The van der Waals surface area contributed by atoms with Crippen LogP contribution in [-0.4, -0.2) is 16.9 Å². The van der Waals surface area contributed by atoms with Crippen molar-refractivity contribution in [2.45, 2.75) is 31.8 Å². The zero-order valence-electron chi connectivity index (χ0n) is 13.8. The molecule has 1 aliphatic carbocycles. The molecule has 1 amide bonds. The van der Waals surface area contributed by atoms with Gasteiger partial charge in [-0.15, -0.1) is 0 Å². The fourth-order valence-electron chi connectivity index (χ4n) is 2.83. The monoisotopic (exact) mass is 420 g/mol. The molecule has 0 aliphatic heterocycles. The topological polar surface area (TPSA) is 105 Å². The molecule has 2 aromatic rings. The Hall–Kier alpha value is -2.61. The van der Waals surface area contributed by atoms with E-state index in [-0.39, 0.29) is 17.4 Å². The van der Waals surface area contributed by atoms with Crippen LogP contribution in [0.5, 0.6) is 17.2 Å². The van der Waals surface area contributed by atoms with Gasteiger partial charge in [-0.05, 0) is 65.9 Å². The molecule has 1 aliphatic rings. The van der Waals surface area contributed by atoms with Crippen LogP contribution in [0, 0.1) is 10.1 Å². The summed E-state index contributed by atoms with van der Waals surface area (Å²) in [5.74, 6) is 0.633. The van der Waals surface area contributed by atoms with Gasteiger partial charge in [0, 0.05) is 17.7 Å². The predicted octanol–water partition coefficient (Wildman–Crippen LogP) is 4.57. The number of benzene rings is 2. The molecule has 26 heavy (non-hydrogen) atoms. The van der Waals surface area contributed by atoms with Gasteiger partial charge in [-0.25, -0.2) is 0 Å². The summed E-state index contributed by atoms with van der Waals surface area (Å²) < 4.78 is 12.3. The first-order chi connectivity index (χ1) is 12.4. The first-order valence-electron chi connectivity index (χ1n) is 8.16. The van der Waals surface area contributed by atoms with Gasteiger partial charge in [0.1, 0.15) is 5.75 Å². The fourth-order valence-corrected chi connectivity index (χ4v) is 3.28. The molecule has 0 atom stereocenters. The number of nitrogens with zero attached hydrogens (tertiary/aromatic N) is 1. The number of non-ortho nitro benzene ring substituents is 1. The maximum Gasteiger partial charge on any atom is 0.270 e. The third kappa shape index (κ3) is 4.13. The summed E-state index contributed by atoms with van der Waals surface area (Å²) in [6.07, 6.45) is 4.29. The van der Waals surface area contributed by atoms with Gasteiger partial charge in [-0.3, -0.25) is 14.9 Å². The molecule has 1 saturated carbocycles. The van der Waals surface area contributed by atoms with Crippen molar-refractivity contribution in [3.05, 3.63) is 56.5 Å². The van der Waals surface area contributed by atoms with Crippen LogP contribution in [0.2, 0.25) is 0 Å². The molecule has 0 heterocycles. The first kappa shape index (κ1) is 18.2. The average molecular weight is 421 g/mol. The quantitative estimate of drug-likeness (QED) is 0.544. The van der Waals surface area contributed by atoms with Crippen molar-refractivity contribution >= 4 is 27.5 Å². The maximum absolute atomic E-state index is 11.5. The lowest BCUT2D eigenvalue weighted by molar-refractivity contribution is -0.384. The summed E-state index contributed by atoms with van der Waals surface area (Å²) in [4.78, 5) is 21.9. The van der Waals surface area contributed by atoms with Crippen molar-refractivity contribution in [2.24, 2.45) is 5.73 Å². The first-order valence-corrected chi connectivity index (χ1v) is 8.95. The van der Waals surface area contributed by atoms with Gasteiger partial charge in [-0.2, -0.15) is 0 Å². The summed E-state index contributed by atoms with van der Waals surface area (Å²) in [5.41, 5.74) is 5.58. The molecule has 0 spiro atoms. The van der Waals surface area contributed by atoms with Gasteiger partial charge in [0.05, 0.1) is 15.5 Å². The second kappa shape index (κ2) is 7.74. The Labute approximate surface area is 158 Å². The van der Waals surface area contributed by atoms with Crippen LogP contribution >= 0.6 is 15.9 Å². The third-order valence-corrected chi connectivity index (χ3v) is 4.79. The maximum atomic E-state index is 11.5. The molecule has 0 aromatic heterocycles. The normalized spacial score (nSPS) is 14.2. The lowest BCUT2D eigenvalue weighted by atomic mass is 10.2. The highest BCUT2D eigenvalue weighted by molar-refractivity contribution is 9.10. The van der Waals surface area contributed by atoms with E-state index >= 15 is 0 Å². The Morgan fingerprint density at radius 2 is 1.81 bits per heavy atom. The third-order valence-electron chi connectivity index (χ3n) is 4.17. The van der Waals surface area contributed by atoms with E-state index in [1.807, 2.05) is 0 Å². The largest absolute Gasteiger partial charge is 0.487 e. The number of rotatable bonds is 6. The number of amides is 1. The zero-order chi connectivity index (χ0) is 18.7. The highest BCUT2D eigenvalue weighted by atomic mass is 79.9. The van der Waals surface area contributed by atoms with E-state index in [4.69, 9.17) is 15.2 Å². The van der Waals surface area contributed by atoms with Crippen molar-refractivity contribution in [1.29, 1.82) is 0 Å². The highest BCUT2D eigenvalue weighted by Crippen LogP contribution is 2.38. The predicted molar refractivity (Wildman–Crippen MR) is 98.7 cm³/mol. The second-order valence-electron chi connectivity index (χ2n) is 6.02. The number of carbonyl (C=O) groups is 1. The number of nitrogens with two attached hydrogens (primary N) is 1. The van der Waals surface area contributed by atoms with Crippen LogP contribution in [0.25, 0.3) is 0 Å². The molecule has 7 nitrogen and oxygen atoms in total. The Balaban J connectivity index is 1.92. The summed E-state index contributed by atoms with van der Waals surface area (Å²) in [6.45, 7) is 0. The number of nitro groups is 1. The molecule has 3 rings (SSSR count). The van der Waals surface area contributed by atoms with Crippen LogP contribution in [0.1, 0.15) is 36.0 Å². The molecular formula is C18H17BrN2O5. The van der Waals surface area contributed by atoms with E-state index < -0.39 is 10.8 Å². The minimum atomic E-state index is -0.579. The van der Waals surface area contributed by atoms with Crippen molar-refractivity contribution < 1.29 is 19.2 Å². The Morgan fingerprint density at radius 1 is 1.12 bits per heavy atom. The second-order valence-corrected chi connectivity index (χ2v) is 6.88. The van der Waals surface area contributed by atoms with E-state index in [1.165, 1.54) is 24.3 Å². The van der Waals surface area contributed by atoms with E-state index in [0.717, 1.165) is 25.7 Å². The molecule has 2 N–H and O–H groups in total. The number of hydrogen-bond donors (Lipinski definition) is 1. The number of ether oxygens (including phenoxy) is 2. The van der Waals surface area contributed by atoms with E-state index in [1.54, 1.807) is 12.1 Å². The molecular weight excluding hydrogens is 404 g/mol. The lowest BCUT2D eigenvalue weighted by Gasteiger charge is -2.17. The van der Waals surface area contributed by atoms with Gasteiger partial charge < -0.3 is 15.2 Å². The zero-order valence-corrected chi connectivity index (χ0v) is 15.4. The standard InChI is InChI=1S/C18H17BrN2O5/c19-14-10-12(21(23)24)6-8-15(14)26-17-9-11(18(20)22)5-7-16(17)25-13-3-1-2-4-13/h5-10,13H,1-4H2,(H2,20,22). The van der Waals surface area contributed by atoms with Gasteiger partial charge in [-0.1, -0.05) is 0 Å². The Kier molecular flexibility index (Phi) is 5.41. The summed E-state index contributed by atoms with van der Waals surface area (Å²) in [7, 11) is 0. The minimum Gasteiger partial charge on any atom is -0.487 e. The van der Waals surface area contributed by atoms with Crippen LogP contribution in [0.3, 0.4) is 0 Å². The molecule has 2 aromatic carbocycles. The number of nitro benzene ring substituents is 1. The smallest absolute Gasteiger partial charge is 0.270 e. The average Bonchev–Trinajstić information content (AvgIpc) is 3.10. The van der Waals surface area contributed by atoms with Crippen LogP contribution < -0.4 is 15.2 Å². The summed E-state index contributed by atoms with van der Waals surface area (Å²) in [5, 5.41) is 10.9. The van der Waals surface area contributed by atoms with Crippen molar-refractivity contribution in [3.63, 3.8) is 0 Å².